The summed E-state index contributed by atoms with van der Waals surface area (Å²) in [6, 6.07) is 5.43. The molecule has 7 nitrogen and oxygen atoms in total. The molecule has 1 fully saturated rings. The predicted molar refractivity (Wildman–Crippen MR) is 126 cm³/mol. The Morgan fingerprint density at radius 3 is 2.16 bits per heavy atom. The molecule has 1 aromatic carbocycles. The van der Waals surface area contributed by atoms with Crippen LogP contribution in [0.4, 0.5) is 0 Å². The quantitative estimate of drug-likeness (QED) is 0.693. The van der Waals surface area contributed by atoms with Gasteiger partial charge in [-0.2, -0.15) is 4.31 Å². The molecule has 32 heavy (non-hydrogen) atoms. The van der Waals surface area contributed by atoms with Gasteiger partial charge in [0.05, 0.1) is 17.4 Å². The van der Waals surface area contributed by atoms with E-state index in [1.807, 2.05) is 51.3 Å². The zero-order valence-electron chi connectivity index (χ0n) is 19.3. The highest BCUT2D eigenvalue weighted by Gasteiger charge is 2.33. The highest BCUT2D eigenvalue weighted by atomic mass is 32.2. The number of carbonyl (C=O) groups is 2. The first-order valence-electron chi connectivity index (χ1n) is 10.7. The summed E-state index contributed by atoms with van der Waals surface area (Å²) in [5, 5.41) is 4.76. The maximum Gasteiger partial charge on any atom is 0.243 e. The molecule has 0 aliphatic carbocycles. The Morgan fingerprint density at radius 1 is 1.06 bits per heavy atom. The Kier molecular flexibility index (Phi) is 7.42. The van der Waals surface area contributed by atoms with Crippen molar-refractivity contribution in [3.63, 3.8) is 0 Å². The van der Waals surface area contributed by atoms with Gasteiger partial charge in [0.1, 0.15) is 0 Å². The number of piperazine rings is 1. The number of rotatable bonds is 6. The first-order valence-corrected chi connectivity index (χ1v) is 13.0. The van der Waals surface area contributed by atoms with E-state index in [0.29, 0.717) is 18.0 Å². The number of aryl methyl sites for hydroxylation is 2. The van der Waals surface area contributed by atoms with E-state index in [4.69, 9.17) is 0 Å². The molecule has 1 N–H and O–H groups in total. The zero-order chi connectivity index (χ0) is 23.6. The Morgan fingerprint density at radius 2 is 1.66 bits per heavy atom. The molecule has 9 heteroatoms. The number of benzene rings is 1. The highest BCUT2D eigenvalue weighted by Crippen LogP contribution is 2.29. The Balaban J connectivity index is 1.71. The van der Waals surface area contributed by atoms with Gasteiger partial charge in [-0.25, -0.2) is 8.42 Å². The van der Waals surface area contributed by atoms with Crippen molar-refractivity contribution in [2.24, 2.45) is 0 Å². The third-order valence-electron chi connectivity index (χ3n) is 6.13. The molecular weight excluding hydrogens is 446 g/mol. The summed E-state index contributed by atoms with van der Waals surface area (Å²) in [5.74, 6) is -0.278. The molecule has 0 radical (unpaired) electrons. The fourth-order valence-corrected chi connectivity index (χ4v) is 6.91. The highest BCUT2D eigenvalue weighted by molar-refractivity contribution is 7.89. The standard InChI is InChI=1S/C23H31N3O4S2/c1-15-13-16(2)18(4)23(17(15)3)32(29,30)26-10-8-25(9-11-26)22(28)14-20(24-19(5)27)21-7-6-12-31-21/h6-7,12-13,20H,8-11,14H2,1-5H3,(H,24,27). The van der Waals surface area contributed by atoms with Crippen molar-refractivity contribution in [3.8, 4) is 0 Å². The number of thiophene rings is 1. The molecule has 1 unspecified atom stereocenters. The average molecular weight is 478 g/mol. The maximum atomic E-state index is 13.4. The van der Waals surface area contributed by atoms with Crippen molar-refractivity contribution in [1.82, 2.24) is 14.5 Å². The van der Waals surface area contributed by atoms with E-state index < -0.39 is 10.0 Å². The van der Waals surface area contributed by atoms with Crippen LogP contribution in [0.25, 0.3) is 0 Å². The van der Waals surface area contributed by atoms with Gasteiger partial charge < -0.3 is 10.2 Å². The molecule has 0 bridgehead atoms. The lowest BCUT2D eigenvalue weighted by Gasteiger charge is -2.35. The van der Waals surface area contributed by atoms with Gasteiger partial charge in [-0.3, -0.25) is 9.59 Å². The van der Waals surface area contributed by atoms with E-state index in [1.165, 1.54) is 22.6 Å². The second kappa shape index (κ2) is 9.72. The van der Waals surface area contributed by atoms with Crippen molar-refractivity contribution in [3.05, 3.63) is 50.7 Å². The summed E-state index contributed by atoms with van der Waals surface area (Å²) in [7, 11) is -3.65. The minimum Gasteiger partial charge on any atom is -0.348 e. The van der Waals surface area contributed by atoms with Gasteiger partial charge in [-0.15, -0.1) is 11.3 Å². The summed E-state index contributed by atoms with van der Waals surface area (Å²) in [5.41, 5.74) is 3.47. The molecular formula is C23H31N3O4S2. The molecule has 1 atom stereocenters. The SMILES string of the molecule is CC(=O)NC(CC(=O)N1CCN(S(=O)(=O)c2c(C)c(C)cc(C)c2C)CC1)c1cccs1. The molecule has 1 aliphatic rings. The van der Waals surface area contributed by atoms with Gasteiger partial charge >= 0.3 is 0 Å². The normalized spacial score (nSPS) is 16.1. The average Bonchev–Trinajstić information content (AvgIpc) is 3.26. The van der Waals surface area contributed by atoms with Crippen molar-refractivity contribution >= 4 is 33.2 Å². The van der Waals surface area contributed by atoms with Crippen LogP contribution in [0.1, 0.15) is 46.5 Å². The number of carbonyl (C=O) groups excluding carboxylic acids is 2. The number of nitrogens with one attached hydrogen (secondary N) is 1. The third kappa shape index (κ3) is 5.05. The van der Waals surface area contributed by atoms with Crippen molar-refractivity contribution in [2.45, 2.75) is 52.0 Å². The van der Waals surface area contributed by atoms with Crippen LogP contribution < -0.4 is 5.32 Å². The van der Waals surface area contributed by atoms with Gasteiger partial charge in [-0.05, 0) is 61.4 Å². The van der Waals surface area contributed by atoms with Crippen LogP contribution in [0.3, 0.4) is 0 Å². The van der Waals surface area contributed by atoms with E-state index in [1.54, 1.807) is 4.90 Å². The molecule has 0 spiro atoms. The summed E-state index contributed by atoms with van der Waals surface area (Å²) >= 11 is 1.49. The van der Waals surface area contributed by atoms with Crippen LogP contribution in [0, 0.1) is 27.7 Å². The second-order valence-electron chi connectivity index (χ2n) is 8.35. The third-order valence-corrected chi connectivity index (χ3v) is 9.29. The lowest BCUT2D eigenvalue weighted by Crippen LogP contribution is -2.51. The van der Waals surface area contributed by atoms with E-state index in [9.17, 15) is 18.0 Å². The number of sulfonamides is 1. The van der Waals surface area contributed by atoms with Gasteiger partial charge in [0, 0.05) is 38.0 Å². The fourth-order valence-electron chi connectivity index (χ4n) is 4.14. The Hall–Kier alpha value is -2.23. The minimum atomic E-state index is -3.65. The van der Waals surface area contributed by atoms with Crippen LogP contribution in [-0.4, -0.2) is 55.6 Å². The molecule has 2 aromatic rings. The lowest BCUT2D eigenvalue weighted by molar-refractivity contribution is -0.133. The van der Waals surface area contributed by atoms with Crippen molar-refractivity contribution in [2.75, 3.05) is 26.2 Å². The number of hydrogen-bond acceptors (Lipinski definition) is 5. The van der Waals surface area contributed by atoms with E-state index in [2.05, 4.69) is 5.32 Å². The van der Waals surface area contributed by atoms with Crippen LogP contribution in [0.15, 0.2) is 28.5 Å². The first kappa shape index (κ1) is 24.4. The van der Waals surface area contributed by atoms with Crippen molar-refractivity contribution in [1.29, 1.82) is 0 Å². The predicted octanol–water partition coefficient (Wildman–Crippen LogP) is 3.08. The topological polar surface area (TPSA) is 86.8 Å². The molecule has 2 heterocycles. The molecule has 174 valence electrons. The fraction of sp³-hybridized carbons (Fsp3) is 0.478. The smallest absolute Gasteiger partial charge is 0.243 e. The van der Waals surface area contributed by atoms with Gasteiger partial charge in [0.25, 0.3) is 0 Å². The Bertz CT molecular complexity index is 1080. The molecule has 0 saturated carbocycles. The minimum absolute atomic E-state index is 0.0899. The Labute approximate surface area is 194 Å². The molecule has 1 aromatic heterocycles. The van der Waals surface area contributed by atoms with Crippen LogP contribution in [-0.2, 0) is 19.6 Å². The van der Waals surface area contributed by atoms with Crippen molar-refractivity contribution < 1.29 is 18.0 Å². The zero-order valence-corrected chi connectivity index (χ0v) is 20.9. The molecule has 3 rings (SSSR count). The van der Waals surface area contributed by atoms with Crippen LogP contribution in [0.5, 0.6) is 0 Å². The van der Waals surface area contributed by atoms with E-state index >= 15 is 0 Å². The maximum absolute atomic E-state index is 13.4. The lowest BCUT2D eigenvalue weighted by atomic mass is 10.0. The largest absolute Gasteiger partial charge is 0.348 e. The first-order chi connectivity index (χ1) is 15.0. The number of nitrogens with zero attached hydrogens (tertiary/aromatic N) is 2. The summed E-state index contributed by atoms with van der Waals surface area (Å²) in [6.45, 7) is 10.2. The van der Waals surface area contributed by atoms with Gasteiger partial charge in [0.2, 0.25) is 21.8 Å². The number of hydrogen-bond donors (Lipinski definition) is 1. The number of amides is 2. The summed E-state index contributed by atoms with van der Waals surface area (Å²) in [4.78, 5) is 27.5. The van der Waals surface area contributed by atoms with Crippen LogP contribution in [0.2, 0.25) is 0 Å². The molecule has 1 aliphatic heterocycles. The monoisotopic (exact) mass is 477 g/mol. The second-order valence-corrected chi connectivity index (χ2v) is 11.2. The van der Waals surface area contributed by atoms with Crippen LogP contribution >= 0.6 is 11.3 Å². The van der Waals surface area contributed by atoms with Gasteiger partial charge in [-0.1, -0.05) is 12.1 Å². The molecule has 1 saturated heterocycles. The molecule has 2 amide bonds. The van der Waals surface area contributed by atoms with E-state index in [0.717, 1.165) is 27.1 Å². The summed E-state index contributed by atoms with van der Waals surface area (Å²) in [6.07, 6.45) is 0.155. The summed E-state index contributed by atoms with van der Waals surface area (Å²) < 4.78 is 28.4. The van der Waals surface area contributed by atoms with Gasteiger partial charge in [0.15, 0.2) is 0 Å². The van der Waals surface area contributed by atoms with E-state index in [-0.39, 0.29) is 37.4 Å².